The lowest BCUT2D eigenvalue weighted by molar-refractivity contribution is -0.143. The number of aliphatic carboxylic acids is 1. The largest absolute Gasteiger partial charge is 0.481 e. The number of β-amino-alcohol motifs (C(OH)–C–C–N with tert-alkyl or cyclic N) is 1. The third-order valence-corrected chi connectivity index (χ3v) is 1.68. The molecular formula is C6H12ClNO3. The fourth-order valence-electron chi connectivity index (χ4n) is 1.11. The highest BCUT2D eigenvalue weighted by Crippen LogP contribution is 2.09. The molecule has 1 fully saturated rings. The van der Waals surface area contributed by atoms with Gasteiger partial charge in [0.1, 0.15) is 0 Å². The van der Waals surface area contributed by atoms with Crippen LogP contribution < -0.4 is 5.32 Å². The lowest BCUT2D eigenvalue weighted by Crippen LogP contribution is -2.42. The maximum atomic E-state index is 10.3. The number of aliphatic hydroxyl groups excluding tert-OH is 1. The van der Waals surface area contributed by atoms with E-state index in [9.17, 15) is 4.79 Å². The number of aliphatic hydroxyl groups is 1. The fourth-order valence-corrected chi connectivity index (χ4v) is 1.11. The summed E-state index contributed by atoms with van der Waals surface area (Å²) in [5.74, 6) is -1.24. The van der Waals surface area contributed by atoms with E-state index in [4.69, 9.17) is 10.2 Å². The van der Waals surface area contributed by atoms with Crippen molar-refractivity contribution in [2.75, 3.05) is 13.1 Å². The zero-order valence-electron chi connectivity index (χ0n) is 5.99. The van der Waals surface area contributed by atoms with E-state index in [0.717, 1.165) is 0 Å². The van der Waals surface area contributed by atoms with E-state index in [-0.39, 0.29) is 12.4 Å². The van der Waals surface area contributed by atoms with Crippen LogP contribution in [0, 0.1) is 5.92 Å². The Morgan fingerprint density at radius 1 is 1.45 bits per heavy atom. The van der Waals surface area contributed by atoms with Crippen molar-refractivity contribution in [1.82, 2.24) is 5.32 Å². The Hall–Kier alpha value is -0.320. The molecule has 1 heterocycles. The predicted octanol–water partition coefficient (Wildman–Crippen LogP) is -0.537. The van der Waals surface area contributed by atoms with Gasteiger partial charge in [0.15, 0.2) is 0 Å². The molecule has 4 nitrogen and oxygen atoms in total. The summed E-state index contributed by atoms with van der Waals surface area (Å²) in [6.07, 6.45) is -0.114. The lowest BCUT2D eigenvalue weighted by Gasteiger charge is -2.23. The first-order chi connectivity index (χ1) is 4.70. The highest BCUT2D eigenvalue weighted by molar-refractivity contribution is 5.85. The summed E-state index contributed by atoms with van der Waals surface area (Å²) < 4.78 is 0. The zero-order valence-corrected chi connectivity index (χ0v) is 6.80. The molecular weight excluding hydrogens is 170 g/mol. The van der Waals surface area contributed by atoms with Gasteiger partial charge in [0.2, 0.25) is 0 Å². The van der Waals surface area contributed by atoms with Crippen molar-refractivity contribution in [2.45, 2.75) is 12.5 Å². The third-order valence-electron chi connectivity index (χ3n) is 1.68. The number of hydrogen-bond acceptors (Lipinski definition) is 3. The van der Waals surface area contributed by atoms with Crippen LogP contribution in [0.15, 0.2) is 0 Å². The first-order valence-electron chi connectivity index (χ1n) is 3.31. The van der Waals surface area contributed by atoms with Gasteiger partial charge in [0, 0.05) is 13.1 Å². The molecule has 0 aromatic carbocycles. The van der Waals surface area contributed by atoms with Gasteiger partial charge in [-0.25, -0.2) is 0 Å². The van der Waals surface area contributed by atoms with Crippen molar-refractivity contribution < 1.29 is 15.0 Å². The van der Waals surface area contributed by atoms with Crippen molar-refractivity contribution in [1.29, 1.82) is 0 Å². The van der Waals surface area contributed by atoms with Crippen molar-refractivity contribution in [3.8, 4) is 0 Å². The van der Waals surface area contributed by atoms with E-state index in [0.29, 0.717) is 19.5 Å². The van der Waals surface area contributed by atoms with Crippen LogP contribution in [0.3, 0.4) is 0 Å². The molecule has 66 valence electrons. The minimum absolute atomic E-state index is 0. The molecule has 0 bridgehead atoms. The van der Waals surface area contributed by atoms with E-state index in [1.54, 1.807) is 0 Å². The molecule has 11 heavy (non-hydrogen) atoms. The number of hydrogen-bond donors (Lipinski definition) is 3. The van der Waals surface area contributed by atoms with Gasteiger partial charge in [-0.2, -0.15) is 0 Å². The van der Waals surface area contributed by atoms with Gasteiger partial charge in [0.25, 0.3) is 0 Å². The molecule has 0 amide bonds. The molecule has 1 aliphatic heterocycles. The first-order valence-corrected chi connectivity index (χ1v) is 3.31. The van der Waals surface area contributed by atoms with Crippen LogP contribution in [0.4, 0.5) is 0 Å². The minimum atomic E-state index is -0.828. The molecule has 0 saturated carbocycles. The number of nitrogens with one attached hydrogen (secondary N) is 1. The average Bonchev–Trinajstić information content (AvgIpc) is 1.88. The molecule has 2 atom stereocenters. The highest BCUT2D eigenvalue weighted by Gasteiger charge is 2.24. The fraction of sp³-hybridized carbons (Fsp3) is 0.833. The molecule has 0 aliphatic carbocycles. The molecule has 2 unspecified atom stereocenters. The molecule has 1 aliphatic rings. The van der Waals surface area contributed by atoms with E-state index in [1.165, 1.54) is 0 Å². The van der Waals surface area contributed by atoms with Crippen LogP contribution in [0.25, 0.3) is 0 Å². The molecule has 3 N–H and O–H groups in total. The van der Waals surface area contributed by atoms with Crippen LogP contribution in [0.5, 0.6) is 0 Å². The number of carbonyl (C=O) groups is 1. The third kappa shape index (κ3) is 3.05. The Balaban J connectivity index is 0.000001000. The summed E-state index contributed by atoms with van der Waals surface area (Å²) in [4.78, 5) is 10.3. The normalized spacial score (nSPS) is 30.6. The van der Waals surface area contributed by atoms with Crippen LogP contribution >= 0.6 is 12.4 Å². The SMILES string of the molecule is Cl.O=C(O)C1CNCC(O)C1. The number of carboxylic acids is 1. The number of rotatable bonds is 1. The van der Waals surface area contributed by atoms with Crippen molar-refractivity contribution in [2.24, 2.45) is 5.92 Å². The van der Waals surface area contributed by atoms with Crippen LogP contribution in [0.1, 0.15) is 6.42 Å². The highest BCUT2D eigenvalue weighted by atomic mass is 35.5. The second-order valence-electron chi connectivity index (χ2n) is 2.58. The molecule has 0 spiro atoms. The second-order valence-corrected chi connectivity index (χ2v) is 2.58. The molecule has 0 aromatic rings. The summed E-state index contributed by atoms with van der Waals surface area (Å²) in [6.45, 7) is 0.996. The summed E-state index contributed by atoms with van der Waals surface area (Å²) in [7, 11) is 0. The van der Waals surface area contributed by atoms with E-state index < -0.39 is 18.0 Å². The Morgan fingerprint density at radius 3 is 2.45 bits per heavy atom. The average molecular weight is 182 g/mol. The topological polar surface area (TPSA) is 69.6 Å². The molecule has 0 aromatic heterocycles. The summed E-state index contributed by atoms with van der Waals surface area (Å²) in [6, 6.07) is 0. The number of halogens is 1. The molecule has 1 rings (SSSR count). The Bertz CT molecular complexity index is 142. The van der Waals surface area contributed by atoms with Gasteiger partial charge in [-0.05, 0) is 6.42 Å². The number of piperidine rings is 1. The molecule has 5 heteroatoms. The second kappa shape index (κ2) is 4.54. The maximum absolute atomic E-state index is 10.3. The summed E-state index contributed by atoms with van der Waals surface area (Å²) in [5, 5.41) is 20.3. The maximum Gasteiger partial charge on any atom is 0.307 e. The molecule has 0 radical (unpaired) electrons. The van der Waals surface area contributed by atoms with Gasteiger partial charge in [-0.1, -0.05) is 0 Å². The van der Waals surface area contributed by atoms with Crippen molar-refractivity contribution in [3.63, 3.8) is 0 Å². The smallest absolute Gasteiger partial charge is 0.307 e. The zero-order chi connectivity index (χ0) is 7.56. The van der Waals surface area contributed by atoms with Crippen molar-refractivity contribution in [3.05, 3.63) is 0 Å². The van der Waals surface area contributed by atoms with Gasteiger partial charge in [-0.3, -0.25) is 4.79 Å². The quantitative estimate of drug-likeness (QED) is 0.509. The first kappa shape index (κ1) is 10.7. The Kier molecular flexibility index (Phi) is 4.40. The predicted molar refractivity (Wildman–Crippen MR) is 41.9 cm³/mol. The number of carboxylic acid groups (broad SMARTS) is 1. The van der Waals surface area contributed by atoms with E-state index in [1.807, 2.05) is 0 Å². The van der Waals surface area contributed by atoms with Crippen LogP contribution in [-0.2, 0) is 4.79 Å². The lowest BCUT2D eigenvalue weighted by atomic mass is 9.98. The van der Waals surface area contributed by atoms with Gasteiger partial charge >= 0.3 is 5.97 Å². The monoisotopic (exact) mass is 181 g/mol. The Morgan fingerprint density at radius 2 is 2.09 bits per heavy atom. The Labute approximate surface area is 71.0 Å². The summed E-state index contributed by atoms with van der Waals surface area (Å²) in [5.41, 5.74) is 0. The standard InChI is InChI=1S/C6H11NO3.ClH/c8-5-1-4(6(9)10)2-7-3-5;/h4-5,7-8H,1-3H2,(H,9,10);1H. The van der Waals surface area contributed by atoms with Gasteiger partial charge in [-0.15, -0.1) is 12.4 Å². The van der Waals surface area contributed by atoms with E-state index >= 15 is 0 Å². The minimum Gasteiger partial charge on any atom is -0.481 e. The van der Waals surface area contributed by atoms with Crippen LogP contribution in [-0.4, -0.2) is 35.4 Å². The van der Waals surface area contributed by atoms with Crippen LogP contribution in [0.2, 0.25) is 0 Å². The van der Waals surface area contributed by atoms with Crippen molar-refractivity contribution >= 4 is 18.4 Å². The summed E-state index contributed by atoms with van der Waals surface area (Å²) >= 11 is 0. The van der Waals surface area contributed by atoms with Gasteiger partial charge in [0.05, 0.1) is 12.0 Å². The molecule has 1 saturated heterocycles. The van der Waals surface area contributed by atoms with E-state index in [2.05, 4.69) is 5.32 Å². The van der Waals surface area contributed by atoms with Gasteiger partial charge < -0.3 is 15.5 Å².